The van der Waals surface area contributed by atoms with Crippen LogP contribution >= 0.6 is 15.9 Å². The maximum Gasteiger partial charge on any atom is 0.243 e. The van der Waals surface area contributed by atoms with E-state index in [1.807, 2.05) is 0 Å². The van der Waals surface area contributed by atoms with E-state index < -0.39 is 41.8 Å². The van der Waals surface area contributed by atoms with E-state index in [4.69, 9.17) is 0 Å². The quantitative estimate of drug-likeness (QED) is 0.643. The van der Waals surface area contributed by atoms with Crippen LogP contribution in [-0.4, -0.2) is 64.7 Å². The van der Waals surface area contributed by atoms with Crippen LogP contribution in [-0.2, 0) is 29.7 Å². The lowest BCUT2D eigenvalue weighted by Gasteiger charge is -2.32. The third kappa shape index (κ3) is 4.10. The number of rotatable bonds is 4. The van der Waals surface area contributed by atoms with E-state index >= 15 is 0 Å². The maximum atomic E-state index is 13.2. The fraction of sp³-hybridized carbons (Fsp3) is 0.571. The zero-order valence-electron chi connectivity index (χ0n) is 13.2. The van der Waals surface area contributed by atoms with Crippen molar-refractivity contribution in [3.05, 3.63) is 28.7 Å². The molecule has 0 bridgehead atoms. The van der Waals surface area contributed by atoms with Crippen LogP contribution in [0.1, 0.15) is 12.8 Å². The lowest BCUT2D eigenvalue weighted by molar-refractivity contribution is 0.280. The van der Waals surface area contributed by atoms with Gasteiger partial charge in [-0.3, -0.25) is 0 Å². The van der Waals surface area contributed by atoms with Crippen LogP contribution in [0.4, 0.5) is 0 Å². The summed E-state index contributed by atoms with van der Waals surface area (Å²) in [7, 11) is -10.6. The predicted octanol–water partition coefficient (Wildman–Crippen LogP) is 0.814. The molecule has 2 aliphatic rings. The van der Waals surface area contributed by atoms with Crippen molar-refractivity contribution in [1.29, 1.82) is 0 Å². The third-order valence-electron chi connectivity index (χ3n) is 4.53. The first kappa shape index (κ1) is 19.3. The summed E-state index contributed by atoms with van der Waals surface area (Å²) in [5.74, 6) is -0.689. The van der Waals surface area contributed by atoms with Crippen molar-refractivity contribution in [2.45, 2.75) is 29.8 Å². The van der Waals surface area contributed by atoms with E-state index in [1.54, 1.807) is 12.1 Å². The molecule has 25 heavy (non-hydrogen) atoms. The van der Waals surface area contributed by atoms with Gasteiger partial charge < -0.3 is 0 Å². The molecule has 2 aliphatic heterocycles. The van der Waals surface area contributed by atoms with Gasteiger partial charge in [0.15, 0.2) is 19.7 Å². The Morgan fingerprint density at radius 1 is 0.880 bits per heavy atom. The van der Waals surface area contributed by atoms with Crippen LogP contribution in [0.3, 0.4) is 0 Å². The molecular formula is C14H18BrNO6S3. The minimum Gasteiger partial charge on any atom is -0.229 e. The Morgan fingerprint density at radius 3 is 1.68 bits per heavy atom. The summed E-state index contributed by atoms with van der Waals surface area (Å²) in [5, 5.41) is 0. The SMILES string of the molecule is O=S1(=O)CC[C@@H](N([C@H]2CCS(=O)(=O)C2)S(=O)(=O)c2ccc(Br)cc2)C1. The molecule has 1 aromatic carbocycles. The van der Waals surface area contributed by atoms with E-state index in [2.05, 4.69) is 15.9 Å². The summed E-state index contributed by atoms with van der Waals surface area (Å²) < 4.78 is 75.6. The van der Waals surface area contributed by atoms with Crippen molar-refractivity contribution in [3.8, 4) is 0 Å². The maximum absolute atomic E-state index is 13.2. The first-order chi connectivity index (χ1) is 11.5. The summed E-state index contributed by atoms with van der Waals surface area (Å²) in [4.78, 5) is 0.0318. The van der Waals surface area contributed by atoms with Gasteiger partial charge >= 0.3 is 0 Å². The highest BCUT2D eigenvalue weighted by Gasteiger charge is 2.45. The highest BCUT2D eigenvalue weighted by atomic mass is 79.9. The Morgan fingerprint density at radius 2 is 1.32 bits per heavy atom. The number of benzene rings is 1. The number of sulfonamides is 1. The molecule has 0 N–H and O–H groups in total. The molecule has 0 radical (unpaired) electrons. The summed E-state index contributed by atoms with van der Waals surface area (Å²) in [5.41, 5.74) is 0. The normalized spacial score (nSPS) is 28.4. The van der Waals surface area contributed by atoms with Crippen molar-refractivity contribution in [1.82, 2.24) is 4.31 Å². The molecule has 0 aromatic heterocycles. The van der Waals surface area contributed by atoms with Gasteiger partial charge in [-0.15, -0.1) is 0 Å². The van der Waals surface area contributed by atoms with Crippen molar-refractivity contribution in [2.75, 3.05) is 23.0 Å². The van der Waals surface area contributed by atoms with Gasteiger partial charge in [0.2, 0.25) is 10.0 Å². The lowest BCUT2D eigenvalue weighted by Crippen LogP contribution is -2.48. The Bertz CT molecular complexity index is 926. The van der Waals surface area contributed by atoms with Crippen LogP contribution in [0.25, 0.3) is 0 Å². The van der Waals surface area contributed by atoms with Crippen LogP contribution < -0.4 is 0 Å². The molecule has 3 rings (SSSR count). The smallest absolute Gasteiger partial charge is 0.229 e. The standard InChI is InChI=1S/C14H18BrNO6S3/c15-11-1-3-14(4-2-11)25(21,22)16(12-5-7-23(17,18)9-12)13-6-8-24(19,20)10-13/h1-4,12-13H,5-10H2/t12-,13+. The average Bonchev–Trinajstić information content (AvgIpc) is 3.02. The van der Waals surface area contributed by atoms with Gasteiger partial charge in [0.1, 0.15) is 0 Å². The number of hydrogen-bond acceptors (Lipinski definition) is 6. The van der Waals surface area contributed by atoms with E-state index in [0.29, 0.717) is 4.47 Å². The summed E-state index contributed by atoms with van der Waals surface area (Å²) >= 11 is 3.24. The van der Waals surface area contributed by atoms with Crippen molar-refractivity contribution >= 4 is 45.6 Å². The molecule has 0 unspecified atom stereocenters. The third-order valence-corrected chi connectivity index (χ3v) is 10.6. The fourth-order valence-electron chi connectivity index (χ4n) is 3.37. The van der Waals surface area contributed by atoms with E-state index in [1.165, 1.54) is 12.1 Å². The molecule has 7 nitrogen and oxygen atoms in total. The fourth-order valence-corrected chi connectivity index (χ4v) is 9.12. The second-order valence-corrected chi connectivity index (χ2v) is 13.6. The van der Waals surface area contributed by atoms with Gasteiger partial charge in [-0.05, 0) is 37.1 Å². The van der Waals surface area contributed by atoms with Gasteiger partial charge in [-0.25, -0.2) is 25.3 Å². The molecule has 2 atom stereocenters. The van der Waals surface area contributed by atoms with Crippen molar-refractivity contribution < 1.29 is 25.3 Å². The summed E-state index contributed by atoms with van der Waals surface area (Å²) in [6, 6.07) is 4.58. The second-order valence-electron chi connectivity index (χ2n) is 6.40. The van der Waals surface area contributed by atoms with Crippen LogP contribution in [0, 0.1) is 0 Å². The van der Waals surface area contributed by atoms with E-state index in [9.17, 15) is 25.3 Å². The van der Waals surface area contributed by atoms with Crippen molar-refractivity contribution in [3.63, 3.8) is 0 Å². The second kappa shape index (κ2) is 6.59. The van der Waals surface area contributed by atoms with E-state index in [-0.39, 0.29) is 40.7 Å². The Balaban J connectivity index is 2.03. The molecule has 0 saturated carbocycles. The first-order valence-corrected chi connectivity index (χ1v) is 13.6. The molecule has 140 valence electrons. The Labute approximate surface area is 156 Å². The predicted molar refractivity (Wildman–Crippen MR) is 97.3 cm³/mol. The number of sulfone groups is 2. The van der Waals surface area contributed by atoms with Gasteiger partial charge in [0.05, 0.1) is 27.9 Å². The zero-order valence-corrected chi connectivity index (χ0v) is 17.2. The molecular weight excluding hydrogens is 454 g/mol. The van der Waals surface area contributed by atoms with Crippen molar-refractivity contribution in [2.24, 2.45) is 0 Å². The highest BCUT2D eigenvalue weighted by Crippen LogP contribution is 2.31. The summed E-state index contributed by atoms with van der Waals surface area (Å²) in [6.45, 7) is 0. The number of nitrogens with zero attached hydrogens (tertiary/aromatic N) is 1. The first-order valence-electron chi connectivity index (χ1n) is 7.70. The summed E-state index contributed by atoms with van der Waals surface area (Å²) in [6.07, 6.45) is 0.378. The molecule has 0 amide bonds. The molecule has 0 aliphatic carbocycles. The lowest BCUT2D eigenvalue weighted by atomic mass is 10.2. The topological polar surface area (TPSA) is 106 Å². The van der Waals surface area contributed by atoms with Crippen LogP contribution in [0.15, 0.2) is 33.6 Å². The average molecular weight is 472 g/mol. The van der Waals surface area contributed by atoms with Gasteiger partial charge in [0.25, 0.3) is 0 Å². The molecule has 0 spiro atoms. The largest absolute Gasteiger partial charge is 0.243 e. The zero-order chi connectivity index (χ0) is 18.5. The van der Waals surface area contributed by atoms with Gasteiger partial charge in [-0.1, -0.05) is 15.9 Å². The van der Waals surface area contributed by atoms with Crippen LogP contribution in [0.5, 0.6) is 0 Å². The van der Waals surface area contributed by atoms with Gasteiger partial charge in [-0.2, -0.15) is 4.31 Å². The molecule has 2 saturated heterocycles. The Kier molecular flexibility index (Phi) is 5.08. The number of halogens is 1. The monoisotopic (exact) mass is 471 g/mol. The minimum absolute atomic E-state index is 0.0318. The molecule has 2 heterocycles. The highest BCUT2D eigenvalue weighted by molar-refractivity contribution is 9.10. The molecule has 1 aromatic rings. The molecule has 11 heteroatoms. The van der Waals surface area contributed by atoms with E-state index in [0.717, 1.165) is 4.31 Å². The Hall–Kier alpha value is -0.490. The molecule has 2 fully saturated rings. The van der Waals surface area contributed by atoms with Gasteiger partial charge in [0, 0.05) is 16.6 Å². The number of hydrogen-bond donors (Lipinski definition) is 0. The minimum atomic E-state index is -4.00. The van der Waals surface area contributed by atoms with Crippen LogP contribution in [0.2, 0.25) is 0 Å².